The van der Waals surface area contributed by atoms with Gasteiger partial charge in [-0.25, -0.2) is 8.78 Å². The molecule has 1 atom stereocenters. The van der Waals surface area contributed by atoms with Gasteiger partial charge < -0.3 is 10.2 Å². The van der Waals surface area contributed by atoms with E-state index in [4.69, 9.17) is 0 Å². The van der Waals surface area contributed by atoms with Crippen LogP contribution in [0.2, 0.25) is 0 Å². The summed E-state index contributed by atoms with van der Waals surface area (Å²) in [6.07, 6.45) is 0.785. The Bertz CT molecular complexity index is 829. The zero-order valence-electron chi connectivity index (χ0n) is 15.5. The lowest BCUT2D eigenvalue weighted by Crippen LogP contribution is -2.39. The Hall–Kier alpha value is -2.41. The van der Waals surface area contributed by atoms with Crippen LogP contribution >= 0.6 is 11.8 Å². The summed E-state index contributed by atoms with van der Waals surface area (Å²) >= 11 is 1.11. The minimum Gasteiger partial charge on any atom is -0.335 e. The van der Waals surface area contributed by atoms with Gasteiger partial charge in [0, 0.05) is 17.6 Å². The third-order valence-electron chi connectivity index (χ3n) is 3.98. The summed E-state index contributed by atoms with van der Waals surface area (Å²) in [6, 6.07) is 11.0. The minimum absolute atomic E-state index is 0.0977. The lowest BCUT2D eigenvalue weighted by molar-refractivity contribution is -0.132. The quantitative estimate of drug-likeness (QED) is 0.722. The molecule has 0 heterocycles. The van der Waals surface area contributed by atoms with Crippen LogP contribution in [0.5, 0.6) is 0 Å². The summed E-state index contributed by atoms with van der Waals surface area (Å²) < 4.78 is 26.3. The van der Waals surface area contributed by atoms with Gasteiger partial charge >= 0.3 is 0 Å². The second-order valence-corrected chi connectivity index (χ2v) is 7.50. The highest BCUT2D eigenvalue weighted by Gasteiger charge is 2.21. The summed E-state index contributed by atoms with van der Waals surface area (Å²) in [5, 5.41) is 2.27. The number of halogens is 2. The van der Waals surface area contributed by atoms with Gasteiger partial charge in [0.1, 0.15) is 0 Å². The second-order valence-electron chi connectivity index (χ2n) is 6.09. The van der Waals surface area contributed by atoms with Gasteiger partial charge in [-0.15, -0.1) is 11.8 Å². The van der Waals surface area contributed by atoms with Crippen LogP contribution in [0.3, 0.4) is 0 Å². The average molecular weight is 392 g/mol. The molecule has 2 aromatic rings. The topological polar surface area (TPSA) is 49.4 Å². The molecule has 0 aliphatic heterocycles. The van der Waals surface area contributed by atoms with E-state index in [2.05, 4.69) is 5.32 Å². The molecule has 1 N–H and O–H groups in total. The number of carbonyl (C=O) groups is 2. The van der Waals surface area contributed by atoms with Crippen LogP contribution in [-0.2, 0) is 16.0 Å². The number of nitrogens with zero attached hydrogens (tertiary/aromatic N) is 1. The molecule has 0 fully saturated rings. The van der Waals surface area contributed by atoms with E-state index in [1.54, 1.807) is 6.92 Å². The lowest BCUT2D eigenvalue weighted by Gasteiger charge is -2.21. The van der Waals surface area contributed by atoms with E-state index in [1.165, 1.54) is 18.0 Å². The van der Waals surface area contributed by atoms with Crippen LogP contribution in [0, 0.1) is 11.6 Å². The number of benzene rings is 2. The highest BCUT2D eigenvalue weighted by molar-refractivity contribution is 8.00. The summed E-state index contributed by atoms with van der Waals surface area (Å²) in [4.78, 5) is 26.5. The summed E-state index contributed by atoms with van der Waals surface area (Å²) in [5.41, 5.74) is 1.75. The van der Waals surface area contributed by atoms with Crippen LogP contribution in [0.4, 0.5) is 14.5 Å². The first-order chi connectivity index (χ1) is 12.8. The van der Waals surface area contributed by atoms with E-state index in [0.29, 0.717) is 4.90 Å². The molecule has 0 saturated carbocycles. The maximum Gasteiger partial charge on any atom is 0.243 e. The number of carbonyl (C=O) groups excluding carboxylic acids is 2. The van der Waals surface area contributed by atoms with Crippen molar-refractivity contribution in [2.75, 3.05) is 18.9 Å². The number of aryl methyl sites for hydroxylation is 1. The molecule has 0 saturated heterocycles. The zero-order valence-corrected chi connectivity index (χ0v) is 16.3. The van der Waals surface area contributed by atoms with Crippen molar-refractivity contribution in [2.24, 2.45) is 0 Å². The average Bonchev–Trinajstić information content (AvgIpc) is 2.64. The van der Waals surface area contributed by atoms with Crippen LogP contribution in [0.25, 0.3) is 0 Å². The van der Waals surface area contributed by atoms with Crippen molar-refractivity contribution < 1.29 is 18.4 Å². The molecule has 0 radical (unpaired) electrons. The molecular weight excluding hydrogens is 370 g/mol. The zero-order chi connectivity index (χ0) is 20.0. The molecule has 144 valence electrons. The number of thioether (sulfide) groups is 1. The first-order valence-electron chi connectivity index (χ1n) is 8.56. The summed E-state index contributed by atoms with van der Waals surface area (Å²) in [6.45, 7) is 3.56. The Morgan fingerprint density at radius 3 is 2.52 bits per heavy atom. The monoisotopic (exact) mass is 392 g/mol. The van der Waals surface area contributed by atoms with Gasteiger partial charge in [-0.3, -0.25) is 9.59 Å². The van der Waals surface area contributed by atoms with Gasteiger partial charge in [-0.05, 0) is 43.2 Å². The standard InChI is InChI=1S/C20H22F2N2O2S/c1-4-14-7-5-6-8-18(14)23-19(25)12-24(3)20(26)13(2)27-15-9-10-16(21)17(22)11-15/h5-11,13H,4,12H2,1-3H3,(H,23,25). The van der Waals surface area contributed by atoms with E-state index in [0.717, 1.165) is 41.6 Å². The Kier molecular flexibility index (Phi) is 7.36. The molecule has 2 rings (SSSR count). The van der Waals surface area contributed by atoms with Gasteiger partial charge in [0.2, 0.25) is 11.8 Å². The van der Waals surface area contributed by atoms with Crippen molar-refractivity contribution in [3.05, 3.63) is 59.7 Å². The molecule has 2 amide bonds. The highest BCUT2D eigenvalue weighted by atomic mass is 32.2. The maximum atomic E-state index is 13.3. The Morgan fingerprint density at radius 2 is 1.85 bits per heavy atom. The fourth-order valence-electron chi connectivity index (χ4n) is 2.55. The summed E-state index contributed by atoms with van der Waals surface area (Å²) in [5.74, 6) is -2.46. The largest absolute Gasteiger partial charge is 0.335 e. The maximum absolute atomic E-state index is 13.3. The summed E-state index contributed by atoms with van der Waals surface area (Å²) in [7, 11) is 1.54. The molecule has 4 nitrogen and oxygen atoms in total. The van der Waals surface area contributed by atoms with Crippen molar-refractivity contribution in [2.45, 2.75) is 30.4 Å². The van der Waals surface area contributed by atoms with Crippen molar-refractivity contribution in [3.8, 4) is 0 Å². The van der Waals surface area contributed by atoms with E-state index in [9.17, 15) is 18.4 Å². The minimum atomic E-state index is -0.957. The number of likely N-dealkylation sites (N-methyl/N-ethyl adjacent to an activating group) is 1. The molecular formula is C20H22F2N2O2S. The number of para-hydroxylation sites is 1. The predicted octanol–water partition coefficient (Wildman–Crippen LogP) is 4.10. The molecule has 0 bridgehead atoms. The fraction of sp³-hybridized carbons (Fsp3) is 0.300. The first-order valence-corrected chi connectivity index (χ1v) is 9.44. The SMILES string of the molecule is CCc1ccccc1NC(=O)CN(C)C(=O)C(C)Sc1ccc(F)c(F)c1. The molecule has 2 aromatic carbocycles. The highest BCUT2D eigenvalue weighted by Crippen LogP contribution is 2.25. The molecule has 0 spiro atoms. The number of rotatable bonds is 7. The van der Waals surface area contributed by atoms with Crippen LogP contribution in [0.15, 0.2) is 47.4 Å². The number of amides is 2. The first kappa shape index (κ1) is 20.9. The van der Waals surface area contributed by atoms with E-state index < -0.39 is 16.9 Å². The second kappa shape index (κ2) is 9.50. The van der Waals surface area contributed by atoms with E-state index in [1.807, 2.05) is 31.2 Å². The number of hydrogen-bond donors (Lipinski definition) is 1. The van der Waals surface area contributed by atoms with E-state index >= 15 is 0 Å². The van der Waals surface area contributed by atoms with Crippen LogP contribution < -0.4 is 5.32 Å². The van der Waals surface area contributed by atoms with Crippen molar-refractivity contribution in [1.82, 2.24) is 4.90 Å². The van der Waals surface area contributed by atoms with Crippen molar-refractivity contribution in [1.29, 1.82) is 0 Å². The van der Waals surface area contributed by atoms with Gasteiger partial charge in [-0.1, -0.05) is 25.1 Å². The number of hydrogen-bond acceptors (Lipinski definition) is 3. The lowest BCUT2D eigenvalue weighted by atomic mass is 10.1. The van der Waals surface area contributed by atoms with Gasteiger partial charge in [0.25, 0.3) is 0 Å². The normalized spacial score (nSPS) is 11.7. The van der Waals surface area contributed by atoms with Gasteiger partial charge in [0.15, 0.2) is 11.6 Å². The van der Waals surface area contributed by atoms with Crippen LogP contribution in [0.1, 0.15) is 19.4 Å². The third kappa shape index (κ3) is 5.79. The van der Waals surface area contributed by atoms with Crippen molar-refractivity contribution in [3.63, 3.8) is 0 Å². The Balaban J connectivity index is 1.93. The van der Waals surface area contributed by atoms with E-state index in [-0.39, 0.29) is 18.4 Å². The fourth-order valence-corrected chi connectivity index (χ4v) is 3.56. The Morgan fingerprint density at radius 1 is 1.15 bits per heavy atom. The molecule has 27 heavy (non-hydrogen) atoms. The molecule has 0 aliphatic rings. The van der Waals surface area contributed by atoms with Gasteiger partial charge in [0.05, 0.1) is 11.8 Å². The molecule has 1 unspecified atom stereocenters. The smallest absolute Gasteiger partial charge is 0.243 e. The number of anilines is 1. The van der Waals surface area contributed by atoms with Crippen molar-refractivity contribution >= 4 is 29.3 Å². The third-order valence-corrected chi connectivity index (χ3v) is 5.06. The molecule has 7 heteroatoms. The molecule has 0 aliphatic carbocycles. The predicted molar refractivity (Wildman–Crippen MR) is 104 cm³/mol. The van der Waals surface area contributed by atoms with Gasteiger partial charge in [-0.2, -0.15) is 0 Å². The Labute approximate surface area is 161 Å². The number of nitrogens with one attached hydrogen (secondary N) is 1. The molecule has 0 aromatic heterocycles. The van der Waals surface area contributed by atoms with Crippen LogP contribution in [-0.4, -0.2) is 35.6 Å².